The van der Waals surface area contributed by atoms with E-state index in [4.69, 9.17) is 4.74 Å². The van der Waals surface area contributed by atoms with Crippen molar-refractivity contribution in [3.05, 3.63) is 0 Å². The van der Waals surface area contributed by atoms with E-state index in [1.165, 1.54) is 12.8 Å². The van der Waals surface area contributed by atoms with E-state index < -0.39 is 0 Å². The van der Waals surface area contributed by atoms with E-state index in [1.54, 1.807) is 0 Å². The molecule has 0 spiro atoms. The van der Waals surface area contributed by atoms with Crippen LogP contribution in [0.1, 0.15) is 66.7 Å². The van der Waals surface area contributed by atoms with Crippen LogP contribution in [0.4, 0.5) is 0 Å². The second kappa shape index (κ2) is 9.49. The van der Waals surface area contributed by atoms with Crippen LogP contribution in [0.3, 0.4) is 0 Å². The number of carbonyl (C=O) groups is 1. The summed E-state index contributed by atoms with van der Waals surface area (Å²) in [5, 5.41) is 0. The van der Waals surface area contributed by atoms with Crippen molar-refractivity contribution in [2.75, 3.05) is 6.61 Å². The van der Waals surface area contributed by atoms with Gasteiger partial charge in [0.25, 0.3) is 0 Å². The van der Waals surface area contributed by atoms with Gasteiger partial charge in [-0.3, -0.25) is 4.79 Å². The van der Waals surface area contributed by atoms with Gasteiger partial charge in [-0.05, 0) is 31.1 Å². The fourth-order valence-electron chi connectivity index (χ4n) is 1.92. The van der Waals surface area contributed by atoms with E-state index in [-0.39, 0.29) is 11.9 Å². The maximum absolute atomic E-state index is 11.7. The molecule has 0 aliphatic rings. The predicted octanol–water partition coefficient (Wildman–Crippen LogP) is 4.43. The van der Waals surface area contributed by atoms with E-state index >= 15 is 0 Å². The maximum Gasteiger partial charge on any atom is 0.308 e. The number of ether oxygens (including phenoxy) is 1. The zero-order chi connectivity index (χ0) is 13.3. The fourth-order valence-corrected chi connectivity index (χ4v) is 1.92. The molecule has 0 heterocycles. The number of hydrogen-bond donors (Lipinski definition) is 0. The summed E-state index contributed by atoms with van der Waals surface area (Å²) in [4.78, 5) is 11.7. The highest BCUT2D eigenvalue weighted by Crippen LogP contribution is 2.15. The Morgan fingerprint density at radius 1 is 1.06 bits per heavy atom. The Kier molecular flexibility index (Phi) is 9.20. The molecule has 0 aliphatic heterocycles. The summed E-state index contributed by atoms with van der Waals surface area (Å²) in [5.74, 6) is 1.35. The highest BCUT2D eigenvalue weighted by molar-refractivity contribution is 5.72. The zero-order valence-corrected chi connectivity index (χ0v) is 12.3. The molecular weight excluding hydrogens is 212 g/mol. The smallest absolute Gasteiger partial charge is 0.308 e. The Labute approximate surface area is 107 Å². The second-order valence-corrected chi connectivity index (χ2v) is 5.57. The molecule has 0 saturated heterocycles. The molecule has 0 aliphatic carbocycles. The lowest BCUT2D eigenvalue weighted by molar-refractivity contribution is -0.150. The molecule has 2 heteroatoms. The van der Waals surface area contributed by atoms with Gasteiger partial charge in [-0.25, -0.2) is 0 Å². The van der Waals surface area contributed by atoms with Crippen LogP contribution in [0.15, 0.2) is 0 Å². The van der Waals surface area contributed by atoms with E-state index in [0.717, 1.165) is 25.2 Å². The molecule has 0 aromatic rings. The molecule has 0 N–H and O–H groups in total. The first-order valence-electron chi connectivity index (χ1n) is 7.17. The SMILES string of the molecule is CCC(CC)C(=O)OCC(C)CCCC(C)C. The molecule has 0 radical (unpaired) electrons. The van der Waals surface area contributed by atoms with Gasteiger partial charge in [0.2, 0.25) is 0 Å². The minimum Gasteiger partial charge on any atom is -0.465 e. The highest BCUT2D eigenvalue weighted by Gasteiger charge is 2.16. The third-order valence-corrected chi connectivity index (χ3v) is 3.31. The van der Waals surface area contributed by atoms with Crippen molar-refractivity contribution in [3.63, 3.8) is 0 Å². The minimum atomic E-state index is -0.00860. The quantitative estimate of drug-likeness (QED) is 0.559. The van der Waals surface area contributed by atoms with Crippen LogP contribution < -0.4 is 0 Å². The number of esters is 1. The van der Waals surface area contributed by atoms with Crippen LogP contribution in [0.2, 0.25) is 0 Å². The lowest BCUT2D eigenvalue weighted by Gasteiger charge is -2.16. The molecule has 0 saturated carbocycles. The second-order valence-electron chi connectivity index (χ2n) is 5.57. The lowest BCUT2D eigenvalue weighted by atomic mass is 10.00. The van der Waals surface area contributed by atoms with Crippen LogP contribution >= 0.6 is 0 Å². The summed E-state index contributed by atoms with van der Waals surface area (Å²) in [6.45, 7) is 11.3. The number of hydrogen-bond acceptors (Lipinski definition) is 2. The minimum absolute atomic E-state index is 0.00860. The standard InChI is InChI=1S/C15H30O2/c1-6-14(7-2)15(16)17-11-13(5)10-8-9-12(3)4/h12-14H,6-11H2,1-5H3. The summed E-state index contributed by atoms with van der Waals surface area (Å²) in [6, 6.07) is 0. The van der Waals surface area contributed by atoms with Gasteiger partial charge in [-0.2, -0.15) is 0 Å². The lowest BCUT2D eigenvalue weighted by Crippen LogP contribution is -2.19. The molecule has 102 valence electrons. The van der Waals surface area contributed by atoms with Gasteiger partial charge in [-0.1, -0.05) is 47.5 Å². The Bertz CT molecular complexity index is 195. The predicted molar refractivity (Wildman–Crippen MR) is 72.9 cm³/mol. The summed E-state index contributed by atoms with van der Waals surface area (Å²) in [7, 11) is 0. The summed E-state index contributed by atoms with van der Waals surface area (Å²) >= 11 is 0. The van der Waals surface area contributed by atoms with Crippen LogP contribution in [0, 0.1) is 17.8 Å². The first-order valence-corrected chi connectivity index (χ1v) is 7.17. The molecule has 17 heavy (non-hydrogen) atoms. The fraction of sp³-hybridized carbons (Fsp3) is 0.933. The molecule has 0 aromatic carbocycles. The molecule has 0 bridgehead atoms. The van der Waals surface area contributed by atoms with Crippen molar-refractivity contribution in [2.45, 2.75) is 66.7 Å². The Morgan fingerprint density at radius 3 is 2.12 bits per heavy atom. The largest absolute Gasteiger partial charge is 0.465 e. The van der Waals surface area contributed by atoms with Gasteiger partial charge in [0.1, 0.15) is 0 Å². The molecule has 0 rings (SSSR count). The molecule has 2 nitrogen and oxygen atoms in total. The Morgan fingerprint density at radius 2 is 1.65 bits per heavy atom. The van der Waals surface area contributed by atoms with Crippen molar-refractivity contribution in [1.29, 1.82) is 0 Å². The van der Waals surface area contributed by atoms with Crippen molar-refractivity contribution in [2.24, 2.45) is 17.8 Å². The van der Waals surface area contributed by atoms with E-state index in [9.17, 15) is 4.79 Å². The summed E-state index contributed by atoms with van der Waals surface area (Å²) in [5.41, 5.74) is 0. The Hall–Kier alpha value is -0.530. The first-order chi connectivity index (χ1) is 8.01. The highest BCUT2D eigenvalue weighted by atomic mass is 16.5. The molecule has 0 amide bonds. The van der Waals surface area contributed by atoms with Crippen LogP contribution in [0.5, 0.6) is 0 Å². The van der Waals surface area contributed by atoms with Gasteiger partial charge in [0, 0.05) is 0 Å². The van der Waals surface area contributed by atoms with Gasteiger partial charge in [0.05, 0.1) is 12.5 Å². The topological polar surface area (TPSA) is 26.3 Å². The third-order valence-electron chi connectivity index (χ3n) is 3.31. The zero-order valence-electron chi connectivity index (χ0n) is 12.3. The van der Waals surface area contributed by atoms with E-state index in [0.29, 0.717) is 12.5 Å². The van der Waals surface area contributed by atoms with Crippen LogP contribution in [-0.2, 0) is 9.53 Å². The van der Waals surface area contributed by atoms with Crippen molar-refractivity contribution < 1.29 is 9.53 Å². The van der Waals surface area contributed by atoms with E-state index in [2.05, 4.69) is 20.8 Å². The van der Waals surface area contributed by atoms with Crippen molar-refractivity contribution >= 4 is 5.97 Å². The van der Waals surface area contributed by atoms with Gasteiger partial charge in [0.15, 0.2) is 0 Å². The first kappa shape index (κ1) is 16.5. The molecule has 0 aromatic heterocycles. The molecule has 1 atom stereocenters. The monoisotopic (exact) mass is 242 g/mol. The molecule has 1 unspecified atom stereocenters. The van der Waals surface area contributed by atoms with Gasteiger partial charge < -0.3 is 4.74 Å². The van der Waals surface area contributed by atoms with Gasteiger partial charge >= 0.3 is 5.97 Å². The van der Waals surface area contributed by atoms with E-state index in [1.807, 2.05) is 13.8 Å². The average Bonchev–Trinajstić information content (AvgIpc) is 2.27. The van der Waals surface area contributed by atoms with Crippen molar-refractivity contribution in [1.82, 2.24) is 0 Å². The molecular formula is C15H30O2. The van der Waals surface area contributed by atoms with Gasteiger partial charge in [-0.15, -0.1) is 0 Å². The van der Waals surface area contributed by atoms with Crippen molar-refractivity contribution in [3.8, 4) is 0 Å². The number of rotatable bonds is 9. The number of carbonyl (C=O) groups excluding carboxylic acids is 1. The summed E-state index contributed by atoms with van der Waals surface area (Å²) < 4.78 is 5.37. The summed E-state index contributed by atoms with van der Waals surface area (Å²) in [6.07, 6.45) is 5.44. The third kappa shape index (κ3) is 8.23. The molecule has 0 fully saturated rings. The van der Waals surface area contributed by atoms with Crippen LogP contribution in [-0.4, -0.2) is 12.6 Å². The maximum atomic E-state index is 11.7. The average molecular weight is 242 g/mol. The Balaban J connectivity index is 3.68. The van der Waals surface area contributed by atoms with Crippen LogP contribution in [0.25, 0.3) is 0 Å². The normalized spacial score (nSPS) is 13.1.